The zero-order chi connectivity index (χ0) is 19.3. The predicted octanol–water partition coefficient (Wildman–Crippen LogP) is 3.85. The Labute approximate surface area is 166 Å². The number of amides is 2. The number of benzene rings is 2. The van der Waals surface area contributed by atoms with Gasteiger partial charge in [-0.3, -0.25) is 9.69 Å². The maximum absolute atomic E-state index is 12.9. The Bertz CT molecular complexity index is 960. The quantitative estimate of drug-likeness (QED) is 0.731. The number of anilines is 1. The molecule has 1 aliphatic rings. The molecule has 0 aliphatic carbocycles. The number of carbonyl (C=O) groups is 2. The van der Waals surface area contributed by atoms with Crippen molar-refractivity contribution in [3.63, 3.8) is 0 Å². The van der Waals surface area contributed by atoms with Crippen LogP contribution in [-0.4, -0.2) is 27.9 Å². The number of fused-ring (bicyclic) bond motifs is 1. The fraction of sp³-hybridized carbons (Fsp3) is 0.190. The third kappa shape index (κ3) is 4.04. The summed E-state index contributed by atoms with van der Waals surface area (Å²) in [6.07, 6.45) is 1.56. The zero-order valence-corrected chi connectivity index (χ0v) is 15.9. The van der Waals surface area contributed by atoms with Crippen LogP contribution in [0.1, 0.15) is 16.7 Å². The first kappa shape index (κ1) is 18.2. The van der Waals surface area contributed by atoms with Crippen LogP contribution in [0.2, 0.25) is 0 Å². The maximum Gasteiger partial charge on any atom is 0.411 e. The fourth-order valence-electron chi connectivity index (χ4n) is 3.23. The van der Waals surface area contributed by atoms with Crippen molar-refractivity contribution >= 4 is 28.5 Å². The molecule has 0 bridgehead atoms. The first-order chi connectivity index (χ1) is 13.7. The van der Waals surface area contributed by atoms with Crippen LogP contribution in [0.4, 0.5) is 9.93 Å². The van der Waals surface area contributed by atoms with E-state index in [9.17, 15) is 9.59 Å². The first-order valence-electron chi connectivity index (χ1n) is 8.95. The van der Waals surface area contributed by atoms with Crippen molar-refractivity contribution in [2.45, 2.75) is 25.6 Å². The van der Waals surface area contributed by atoms with Gasteiger partial charge in [0.25, 0.3) is 0 Å². The van der Waals surface area contributed by atoms with E-state index in [2.05, 4.69) is 10.3 Å². The van der Waals surface area contributed by atoms with E-state index in [0.717, 1.165) is 16.7 Å². The lowest BCUT2D eigenvalue weighted by Gasteiger charge is -2.35. The number of hydrogen-bond acceptors (Lipinski definition) is 5. The van der Waals surface area contributed by atoms with Gasteiger partial charge in [0.05, 0.1) is 6.54 Å². The molecule has 2 amide bonds. The highest BCUT2D eigenvalue weighted by atomic mass is 32.1. The Morgan fingerprint density at radius 1 is 1.11 bits per heavy atom. The number of ether oxygens (including phenoxy) is 1. The van der Waals surface area contributed by atoms with Crippen LogP contribution in [0.25, 0.3) is 0 Å². The molecule has 1 aromatic heterocycles. The van der Waals surface area contributed by atoms with Crippen LogP contribution >= 0.6 is 11.3 Å². The van der Waals surface area contributed by atoms with E-state index in [1.54, 1.807) is 11.6 Å². The third-order valence-corrected chi connectivity index (χ3v) is 5.34. The Balaban J connectivity index is 1.52. The van der Waals surface area contributed by atoms with Crippen molar-refractivity contribution in [3.8, 4) is 0 Å². The first-order valence-corrected chi connectivity index (χ1v) is 9.83. The summed E-state index contributed by atoms with van der Waals surface area (Å²) in [6, 6.07) is 16.7. The van der Waals surface area contributed by atoms with Gasteiger partial charge in [-0.1, -0.05) is 54.6 Å². The van der Waals surface area contributed by atoms with Crippen molar-refractivity contribution in [2.24, 2.45) is 0 Å². The second-order valence-electron chi connectivity index (χ2n) is 6.48. The number of rotatable bonds is 4. The van der Waals surface area contributed by atoms with Gasteiger partial charge < -0.3 is 10.1 Å². The molecule has 1 unspecified atom stereocenters. The molecule has 4 rings (SSSR count). The number of carbonyl (C=O) groups excluding carboxylic acids is 2. The molecule has 1 aliphatic heterocycles. The predicted molar refractivity (Wildman–Crippen MR) is 107 cm³/mol. The molecule has 0 spiro atoms. The van der Waals surface area contributed by atoms with E-state index in [0.29, 0.717) is 18.1 Å². The van der Waals surface area contributed by atoms with Crippen LogP contribution < -0.4 is 5.32 Å². The van der Waals surface area contributed by atoms with Crippen LogP contribution in [0, 0.1) is 0 Å². The maximum atomic E-state index is 12.9. The minimum Gasteiger partial charge on any atom is -0.445 e. The SMILES string of the molecule is O=C(Nc1nccs1)C1Cc2ccccc2CN1C(=O)OCc1ccccc1. The van der Waals surface area contributed by atoms with Crippen LogP contribution in [-0.2, 0) is 29.1 Å². The molecule has 0 radical (unpaired) electrons. The van der Waals surface area contributed by atoms with Gasteiger partial charge in [-0.15, -0.1) is 11.3 Å². The molecule has 1 N–H and O–H groups in total. The van der Waals surface area contributed by atoms with Gasteiger partial charge in [0, 0.05) is 18.0 Å². The van der Waals surface area contributed by atoms with Crippen LogP contribution in [0.3, 0.4) is 0 Å². The summed E-state index contributed by atoms with van der Waals surface area (Å²) in [4.78, 5) is 31.3. The Hall–Kier alpha value is -3.19. The molecule has 28 heavy (non-hydrogen) atoms. The molecule has 142 valence electrons. The minimum atomic E-state index is -0.651. The fourth-order valence-corrected chi connectivity index (χ4v) is 3.76. The number of nitrogens with one attached hydrogen (secondary N) is 1. The standard InChI is InChI=1S/C21H19N3O3S/c25-19(23-20-22-10-11-28-20)18-12-16-8-4-5-9-17(16)13-24(18)21(26)27-14-15-6-2-1-3-7-15/h1-11,18H,12-14H2,(H,22,23,25). The summed E-state index contributed by atoms with van der Waals surface area (Å²) in [5.74, 6) is -0.263. The highest BCUT2D eigenvalue weighted by molar-refractivity contribution is 7.13. The lowest BCUT2D eigenvalue weighted by Crippen LogP contribution is -2.50. The van der Waals surface area contributed by atoms with Crippen molar-refractivity contribution in [1.29, 1.82) is 0 Å². The van der Waals surface area contributed by atoms with Gasteiger partial charge in [0.2, 0.25) is 5.91 Å². The zero-order valence-electron chi connectivity index (χ0n) is 15.1. The molecule has 0 fully saturated rings. The number of hydrogen-bond donors (Lipinski definition) is 1. The summed E-state index contributed by atoms with van der Waals surface area (Å²) >= 11 is 1.34. The average molecular weight is 393 g/mol. The topological polar surface area (TPSA) is 71.5 Å². The highest BCUT2D eigenvalue weighted by Crippen LogP contribution is 2.25. The molecular weight excluding hydrogens is 374 g/mol. The summed E-state index contributed by atoms with van der Waals surface area (Å²) in [6.45, 7) is 0.498. The Kier molecular flexibility index (Phi) is 5.34. The summed E-state index contributed by atoms with van der Waals surface area (Å²) in [5.41, 5.74) is 2.99. The van der Waals surface area contributed by atoms with E-state index < -0.39 is 12.1 Å². The van der Waals surface area contributed by atoms with Crippen molar-refractivity contribution < 1.29 is 14.3 Å². The van der Waals surface area contributed by atoms with E-state index >= 15 is 0 Å². The molecule has 7 heteroatoms. The van der Waals surface area contributed by atoms with Gasteiger partial charge in [0.1, 0.15) is 12.6 Å². The Morgan fingerprint density at radius 3 is 2.61 bits per heavy atom. The van der Waals surface area contributed by atoms with Gasteiger partial charge in [-0.05, 0) is 16.7 Å². The van der Waals surface area contributed by atoms with Crippen LogP contribution in [0.15, 0.2) is 66.2 Å². The lowest BCUT2D eigenvalue weighted by molar-refractivity contribution is -0.121. The lowest BCUT2D eigenvalue weighted by atomic mass is 9.94. The average Bonchev–Trinajstić information content (AvgIpc) is 3.24. The monoisotopic (exact) mass is 393 g/mol. The summed E-state index contributed by atoms with van der Waals surface area (Å²) in [7, 11) is 0. The van der Waals surface area contributed by atoms with Gasteiger partial charge >= 0.3 is 6.09 Å². The molecular formula is C21H19N3O3S. The number of nitrogens with zero attached hydrogens (tertiary/aromatic N) is 2. The summed E-state index contributed by atoms with van der Waals surface area (Å²) < 4.78 is 5.49. The highest BCUT2D eigenvalue weighted by Gasteiger charge is 2.35. The summed E-state index contributed by atoms with van der Waals surface area (Å²) in [5, 5.41) is 5.10. The molecule has 1 atom stereocenters. The van der Waals surface area contributed by atoms with Crippen molar-refractivity contribution in [2.75, 3.05) is 5.32 Å². The van der Waals surface area contributed by atoms with Crippen LogP contribution in [0.5, 0.6) is 0 Å². The minimum absolute atomic E-state index is 0.165. The molecule has 2 heterocycles. The van der Waals surface area contributed by atoms with Gasteiger partial charge in [0.15, 0.2) is 5.13 Å². The number of thiazole rings is 1. The van der Waals surface area contributed by atoms with E-state index in [4.69, 9.17) is 4.74 Å². The van der Waals surface area contributed by atoms with Gasteiger partial charge in [-0.2, -0.15) is 0 Å². The Morgan fingerprint density at radius 2 is 1.86 bits per heavy atom. The second-order valence-corrected chi connectivity index (χ2v) is 7.38. The smallest absolute Gasteiger partial charge is 0.411 e. The van der Waals surface area contributed by atoms with Crippen molar-refractivity contribution in [1.82, 2.24) is 9.88 Å². The molecule has 6 nitrogen and oxygen atoms in total. The third-order valence-electron chi connectivity index (χ3n) is 4.65. The molecule has 0 saturated heterocycles. The van der Waals surface area contributed by atoms with E-state index in [1.807, 2.05) is 54.6 Å². The van der Waals surface area contributed by atoms with E-state index in [1.165, 1.54) is 16.2 Å². The van der Waals surface area contributed by atoms with Crippen molar-refractivity contribution in [3.05, 3.63) is 82.9 Å². The largest absolute Gasteiger partial charge is 0.445 e. The molecule has 2 aromatic carbocycles. The normalized spacial score (nSPS) is 15.6. The molecule has 0 saturated carbocycles. The van der Waals surface area contributed by atoms with E-state index in [-0.39, 0.29) is 12.5 Å². The second kappa shape index (κ2) is 8.22. The number of aromatic nitrogens is 1. The molecule has 3 aromatic rings. The van der Waals surface area contributed by atoms with Gasteiger partial charge in [-0.25, -0.2) is 9.78 Å².